The van der Waals surface area contributed by atoms with E-state index in [-0.39, 0.29) is 11.7 Å². The Balaban J connectivity index is 1.44. The number of hydrogen-bond donors (Lipinski definition) is 1. The number of nitrogens with zero attached hydrogens (tertiary/aromatic N) is 1. The molecule has 0 saturated heterocycles. The molecule has 3 rings (SSSR count). The maximum absolute atomic E-state index is 13.5. The molecule has 0 saturated carbocycles. The second kappa shape index (κ2) is 7.95. The summed E-state index contributed by atoms with van der Waals surface area (Å²) in [5, 5.41) is 2.95. The van der Waals surface area contributed by atoms with Crippen molar-refractivity contribution in [3.63, 3.8) is 0 Å². The fraction of sp³-hybridized carbons (Fsp3) is 0.350. The molecule has 0 fully saturated rings. The lowest BCUT2D eigenvalue weighted by Crippen LogP contribution is -2.37. The summed E-state index contributed by atoms with van der Waals surface area (Å²) in [6.45, 7) is 2.45. The number of fused-ring (bicyclic) bond motifs is 1. The summed E-state index contributed by atoms with van der Waals surface area (Å²) in [7, 11) is 0. The zero-order chi connectivity index (χ0) is 16.8. The van der Waals surface area contributed by atoms with Crippen LogP contribution in [0.5, 0.6) is 0 Å². The monoisotopic (exact) mass is 326 g/mol. The molecule has 1 aliphatic heterocycles. The van der Waals surface area contributed by atoms with Crippen LogP contribution in [0.15, 0.2) is 48.5 Å². The van der Waals surface area contributed by atoms with Gasteiger partial charge in [0, 0.05) is 31.7 Å². The molecule has 2 aromatic rings. The van der Waals surface area contributed by atoms with Crippen LogP contribution in [0.3, 0.4) is 0 Å². The molecule has 0 unspecified atom stereocenters. The average molecular weight is 326 g/mol. The van der Waals surface area contributed by atoms with Gasteiger partial charge in [-0.3, -0.25) is 4.79 Å². The van der Waals surface area contributed by atoms with Gasteiger partial charge >= 0.3 is 0 Å². The number of para-hydroxylation sites is 1. The van der Waals surface area contributed by atoms with E-state index in [4.69, 9.17) is 0 Å². The SMILES string of the molecule is O=C(CCc1ccccc1F)NCCN1CCCc2ccccc21. The topological polar surface area (TPSA) is 32.3 Å². The van der Waals surface area contributed by atoms with Crippen molar-refractivity contribution in [2.24, 2.45) is 0 Å². The number of benzene rings is 2. The summed E-state index contributed by atoms with van der Waals surface area (Å²) in [4.78, 5) is 14.3. The Hall–Kier alpha value is -2.36. The van der Waals surface area contributed by atoms with E-state index >= 15 is 0 Å². The number of nitrogens with one attached hydrogen (secondary N) is 1. The van der Waals surface area contributed by atoms with Gasteiger partial charge in [0.05, 0.1) is 0 Å². The number of rotatable bonds is 6. The zero-order valence-electron chi connectivity index (χ0n) is 13.8. The molecule has 3 nitrogen and oxygen atoms in total. The molecule has 2 aromatic carbocycles. The Morgan fingerprint density at radius 1 is 1.12 bits per heavy atom. The highest BCUT2D eigenvalue weighted by Crippen LogP contribution is 2.25. The Morgan fingerprint density at radius 2 is 1.92 bits per heavy atom. The van der Waals surface area contributed by atoms with Gasteiger partial charge in [0.25, 0.3) is 0 Å². The number of aryl methyl sites for hydroxylation is 2. The molecular weight excluding hydrogens is 303 g/mol. The van der Waals surface area contributed by atoms with E-state index in [1.165, 1.54) is 17.3 Å². The van der Waals surface area contributed by atoms with E-state index in [0.29, 0.717) is 24.9 Å². The molecule has 1 amide bonds. The number of carbonyl (C=O) groups is 1. The molecule has 0 bridgehead atoms. The van der Waals surface area contributed by atoms with Crippen molar-refractivity contribution in [1.29, 1.82) is 0 Å². The van der Waals surface area contributed by atoms with Gasteiger partial charge in [0.2, 0.25) is 5.91 Å². The molecule has 0 aliphatic carbocycles. The van der Waals surface area contributed by atoms with Crippen LogP contribution in [0.4, 0.5) is 10.1 Å². The van der Waals surface area contributed by atoms with Crippen LogP contribution < -0.4 is 10.2 Å². The van der Waals surface area contributed by atoms with Crippen LogP contribution in [-0.4, -0.2) is 25.5 Å². The quantitative estimate of drug-likeness (QED) is 0.883. The van der Waals surface area contributed by atoms with E-state index in [2.05, 4.69) is 34.5 Å². The molecule has 4 heteroatoms. The van der Waals surface area contributed by atoms with Crippen LogP contribution in [0.25, 0.3) is 0 Å². The van der Waals surface area contributed by atoms with Gasteiger partial charge < -0.3 is 10.2 Å². The van der Waals surface area contributed by atoms with E-state index in [9.17, 15) is 9.18 Å². The van der Waals surface area contributed by atoms with Crippen molar-refractivity contribution in [1.82, 2.24) is 5.32 Å². The second-order valence-electron chi connectivity index (χ2n) is 6.16. The normalized spacial score (nSPS) is 13.5. The smallest absolute Gasteiger partial charge is 0.220 e. The van der Waals surface area contributed by atoms with E-state index in [1.54, 1.807) is 18.2 Å². The summed E-state index contributed by atoms with van der Waals surface area (Å²) in [5.74, 6) is -0.265. The first-order chi connectivity index (χ1) is 11.7. The molecule has 0 aromatic heterocycles. The van der Waals surface area contributed by atoms with E-state index < -0.39 is 0 Å². The summed E-state index contributed by atoms with van der Waals surface area (Å²) in [6, 6.07) is 15.1. The maximum atomic E-state index is 13.5. The van der Waals surface area contributed by atoms with Crippen molar-refractivity contribution in [2.75, 3.05) is 24.5 Å². The fourth-order valence-electron chi connectivity index (χ4n) is 3.21. The molecule has 0 atom stereocenters. The number of hydrogen-bond acceptors (Lipinski definition) is 2. The minimum absolute atomic E-state index is 0.0245. The number of amides is 1. The fourth-order valence-corrected chi connectivity index (χ4v) is 3.21. The Morgan fingerprint density at radius 3 is 2.79 bits per heavy atom. The third kappa shape index (κ3) is 4.13. The first-order valence-corrected chi connectivity index (χ1v) is 8.57. The third-order valence-electron chi connectivity index (χ3n) is 4.49. The minimum atomic E-state index is -0.241. The highest BCUT2D eigenvalue weighted by molar-refractivity contribution is 5.76. The van der Waals surface area contributed by atoms with Gasteiger partial charge in [-0.15, -0.1) is 0 Å². The molecule has 1 heterocycles. The van der Waals surface area contributed by atoms with E-state index in [0.717, 1.165) is 25.9 Å². The van der Waals surface area contributed by atoms with Crippen molar-refractivity contribution in [2.45, 2.75) is 25.7 Å². The molecule has 0 radical (unpaired) electrons. The number of halogens is 1. The van der Waals surface area contributed by atoms with Gasteiger partial charge in [-0.2, -0.15) is 0 Å². The highest BCUT2D eigenvalue weighted by Gasteiger charge is 2.15. The standard InChI is InChI=1S/C20H23FN2O/c21-18-9-3-1-6-16(18)11-12-20(24)22-13-15-23-14-5-8-17-7-2-4-10-19(17)23/h1-4,6-7,9-10H,5,8,11-15H2,(H,22,24). The van der Waals surface area contributed by atoms with Crippen molar-refractivity contribution in [3.05, 3.63) is 65.5 Å². The summed E-state index contributed by atoms with van der Waals surface area (Å²) >= 11 is 0. The Kier molecular flexibility index (Phi) is 5.47. The average Bonchev–Trinajstić information content (AvgIpc) is 2.61. The molecule has 126 valence electrons. The summed E-state index contributed by atoms with van der Waals surface area (Å²) in [6.07, 6.45) is 3.03. The van der Waals surface area contributed by atoms with Crippen LogP contribution in [0, 0.1) is 5.82 Å². The zero-order valence-corrected chi connectivity index (χ0v) is 13.8. The molecule has 1 N–H and O–H groups in total. The largest absolute Gasteiger partial charge is 0.370 e. The number of carbonyl (C=O) groups excluding carboxylic acids is 1. The van der Waals surface area contributed by atoms with Crippen molar-refractivity contribution in [3.8, 4) is 0 Å². The van der Waals surface area contributed by atoms with Gasteiger partial charge in [-0.1, -0.05) is 36.4 Å². The van der Waals surface area contributed by atoms with Crippen molar-refractivity contribution < 1.29 is 9.18 Å². The van der Waals surface area contributed by atoms with Gasteiger partial charge in [-0.25, -0.2) is 4.39 Å². The second-order valence-corrected chi connectivity index (χ2v) is 6.16. The maximum Gasteiger partial charge on any atom is 0.220 e. The lowest BCUT2D eigenvalue weighted by atomic mass is 10.0. The molecule has 0 spiro atoms. The Labute approximate surface area is 142 Å². The minimum Gasteiger partial charge on any atom is -0.370 e. The van der Waals surface area contributed by atoms with Gasteiger partial charge in [0.1, 0.15) is 5.82 Å². The summed E-state index contributed by atoms with van der Waals surface area (Å²) < 4.78 is 13.5. The first kappa shape index (κ1) is 16.5. The summed E-state index contributed by atoms with van der Waals surface area (Å²) in [5.41, 5.74) is 3.26. The lowest BCUT2D eigenvalue weighted by Gasteiger charge is -2.31. The highest BCUT2D eigenvalue weighted by atomic mass is 19.1. The molecule has 24 heavy (non-hydrogen) atoms. The third-order valence-corrected chi connectivity index (χ3v) is 4.49. The van der Waals surface area contributed by atoms with Crippen LogP contribution in [0.1, 0.15) is 24.0 Å². The van der Waals surface area contributed by atoms with Crippen molar-refractivity contribution >= 4 is 11.6 Å². The van der Waals surface area contributed by atoms with Gasteiger partial charge in [-0.05, 0) is 42.5 Å². The van der Waals surface area contributed by atoms with E-state index in [1.807, 2.05) is 0 Å². The van der Waals surface area contributed by atoms with Crippen LogP contribution in [-0.2, 0) is 17.6 Å². The predicted molar refractivity (Wildman–Crippen MR) is 94.7 cm³/mol. The Bertz CT molecular complexity index is 702. The molecule has 1 aliphatic rings. The predicted octanol–water partition coefficient (Wildman–Crippen LogP) is 3.33. The first-order valence-electron chi connectivity index (χ1n) is 8.57. The molecular formula is C20H23FN2O. The van der Waals surface area contributed by atoms with Crippen LogP contribution in [0.2, 0.25) is 0 Å². The number of anilines is 1. The lowest BCUT2D eigenvalue weighted by molar-refractivity contribution is -0.121. The van der Waals surface area contributed by atoms with Gasteiger partial charge in [0.15, 0.2) is 0 Å². The van der Waals surface area contributed by atoms with Crippen LogP contribution >= 0.6 is 0 Å².